The van der Waals surface area contributed by atoms with E-state index in [1.807, 2.05) is 24.1 Å². The summed E-state index contributed by atoms with van der Waals surface area (Å²) < 4.78 is 0. The van der Waals surface area contributed by atoms with Crippen molar-refractivity contribution < 1.29 is 4.79 Å². The Morgan fingerprint density at radius 1 is 1.31 bits per heavy atom. The van der Waals surface area contributed by atoms with E-state index in [4.69, 9.17) is 0 Å². The van der Waals surface area contributed by atoms with Crippen molar-refractivity contribution in [1.82, 2.24) is 20.5 Å². The van der Waals surface area contributed by atoms with Crippen LogP contribution in [0.25, 0.3) is 0 Å². The van der Waals surface area contributed by atoms with Gasteiger partial charge < -0.3 is 15.5 Å². The fraction of sp³-hybridized carbons (Fsp3) is 0.650. The molecule has 0 aromatic carbocycles. The summed E-state index contributed by atoms with van der Waals surface area (Å²) in [5.74, 6) is 1.45. The van der Waals surface area contributed by atoms with Crippen LogP contribution in [0.5, 0.6) is 0 Å². The summed E-state index contributed by atoms with van der Waals surface area (Å²) in [5, 5.41) is 6.83. The number of nitrogens with zero attached hydrogens (tertiary/aromatic N) is 3. The molecule has 2 heterocycles. The maximum atomic E-state index is 12.5. The Hall–Kier alpha value is -2.11. The van der Waals surface area contributed by atoms with Crippen molar-refractivity contribution in [2.45, 2.75) is 51.5 Å². The summed E-state index contributed by atoms with van der Waals surface area (Å²) in [6, 6.07) is 4.44. The van der Waals surface area contributed by atoms with Gasteiger partial charge in [-0.15, -0.1) is 0 Å². The lowest BCUT2D eigenvalue weighted by Crippen LogP contribution is -2.45. The molecule has 3 rings (SSSR count). The number of carbonyl (C=O) groups excluding carboxylic acids is 1. The van der Waals surface area contributed by atoms with Crippen LogP contribution in [-0.4, -0.2) is 54.5 Å². The zero-order valence-electron chi connectivity index (χ0n) is 16.0. The number of aryl methyl sites for hydroxylation is 1. The zero-order chi connectivity index (χ0) is 18.4. The highest BCUT2D eigenvalue weighted by Crippen LogP contribution is 2.27. The van der Waals surface area contributed by atoms with Crippen molar-refractivity contribution in [2.75, 3.05) is 26.7 Å². The molecule has 26 heavy (non-hydrogen) atoms. The average molecular weight is 358 g/mol. The third-order valence-corrected chi connectivity index (χ3v) is 5.45. The molecule has 1 saturated carbocycles. The SMILES string of the molecule is CN=C(NCCc1ccc(C)nc1)NC1CCN(C(=O)C2CCCC2)C1. The number of hydrogen-bond donors (Lipinski definition) is 2. The minimum atomic E-state index is 0.273. The number of rotatable bonds is 5. The molecule has 0 spiro atoms. The molecule has 2 fully saturated rings. The van der Waals surface area contributed by atoms with Gasteiger partial charge in [-0.05, 0) is 44.2 Å². The Labute approximate surface area is 156 Å². The molecule has 0 radical (unpaired) electrons. The van der Waals surface area contributed by atoms with E-state index in [2.05, 4.69) is 26.7 Å². The van der Waals surface area contributed by atoms with Gasteiger partial charge in [0.1, 0.15) is 0 Å². The Bertz CT molecular complexity index is 622. The van der Waals surface area contributed by atoms with Crippen LogP contribution in [0.2, 0.25) is 0 Å². The number of amides is 1. The standard InChI is InChI=1S/C20H31N5O/c1-15-7-8-16(13-23-15)9-11-22-20(21-2)24-18-10-12-25(14-18)19(26)17-5-3-4-6-17/h7-8,13,17-18H,3-6,9-12,14H2,1-2H3,(H2,21,22,24). The molecule has 1 aliphatic carbocycles. The second-order valence-corrected chi connectivity index (χ2v) is 7.45. The van der Waals surface area contributed by atoms with E-state index in [9.17, 15) is 4.79 Å². The van der Waals surface area contributed by atoms with Crippen LogP contribution < -0.4 is 10.6 Å². The number of hydrogen-bond acceptors (Lipinski definition) is 3. The van der Waals surface area contributed by atoms with Gasteiger partial charge >= 0.3 is 0 Å². The second-order valence-electron chi connectivity index (χ2n) is 7.45. The minimum absolute atomic E-state index is 0.273. The van der Waals surface area contributed by atoms with Crippen molar-refractivity contribution in [3.8, 4) is 0 Å². The summed E-state index contributed by atoms with van der Waals surface area (Å²) in [4.78, 5) is 23.2. The molecule has 6 nitrogen and oxygen atoms in total. The lowest BCUT2D eigenvalue weighted by atomic mass is 10.1. The van der Waals surface area contributed by atoms with E-state index >= 15 is 0 Å². The number of likely N-dealkylation sites (tertiary alicyclic amines) is 1. The summed E-state index contributed by atoms with van der Waals surface area (Å²) in [5.41, 5.74) is 2.25. The van der Waals surface area contributed by atoms with Crippen molar-refractivity contribution in [3.63, 3.8) is 0 Å². The van der Waals surface area contributed by atoms with E-state index in [1.54, 1.807) is 7.05 Å². The average Bonchev–Trinajstić information content (AvgIpc) is 3.34. The lowest BCUT2D eigenvalue weighted by molar-refractivity contribution is -0.134. The van der Waals surface area contributed by atoms with Gasteiger partial charge in [0.05, 0.1) is 0 Å². The van der Waals surface area contributed by atoms with Crippen LogP contribution in [-0.2, 0) is 11.2 Å². The summed E-state index contributed by atoms with van der Waals surface area (Å²) >= 11 is 0. The normalized spacial score (nSPS) is 21.2. The van der Waals surface area contributed by atoms with Crippen LogP contribution in [0, 0.1) is 12.8 Å². The van der Waals surface area contributed by atoms with Gasteiger partial charge in [0.25, 0.3) is 0 Å². The van der Waals surface area contributed by atoms with Crippen molar-refractivity contribution in [3.05, 3.63) is 29.6 Å². The summed E-state index contributed by atoms with van der Waals surface area (Å²) in [6.07, 6.45) is 8.38. The van der Waals surface area contributed by atoms with Crippen LogP contribution >= 0.6 is 0 Å². The molecule has 0 bridgehead atoms. The topological polar surface area (TPSA) is 69.6 Å². The number of nitrogens with one attached hydrogen (secondary N) is 2. The second kappa shape index (κ2) is 9.01. The van der Waals surface area contributed by atoms with Gasteiger partial charge in [-0.25, -0.2) is 0 Å². The molecule has 142 valence electrons. The van der Waals surface area contributed by atoms with Gasteiger partial charge in [-0.3, -0.25) is 14.8 Å². The maximum absolute atomic E-state index is 12.5. The fourth-order valence-corrected chi connectivity index (χ4v) is 3.87. The van der Waals surface area contributed by atoms with E-state index in [1.165, 1.54) is 18.4 Å². The third kappa shape index (κ3) is 4.96. The third-order valence-electron chi connectivity index (χ3n) is 5.45. The van der Waals surface area contributed by atoms with E-state index in [-0.39, 0.29) is 12.0 Å². The molecule has 1 saturated heterocycles. The maximum Gasteiger partial charge on any atom is 0.225 e. The first-order valence-electron chi connectivity index (χ1n) is 9.83. The quantitative estimate of drug-likeness (QED) is 0.624. The monoisotopic (exact) mass is 357 g/mol. The van der Waals surface area contributed by atoms with Gasteiger partial charge in [0.15, 0.2) is 5.96 Å². The van der Waals surface area contributed by atoms with E-state index in [0.717, 1.165) is 57.0 Å². The van der Waals surface area contributed by atoms with E-state index in [0.29, 0.717) is 5.91 Å². The Morgan fingerprint density at radius 3 is 2.81 bits per heavy atom. The predicted octanol–water partition coefficient (Wildman–Crippen LogP) is 1.89. The van der Waals surface area contributed by atoms with Gasteiger partial charge in [0, 0.05) is 50.5 Å². The Balaban J connectivity index is 1.40. The molecule has 1 unspecified atom stereocenters. The first-order chi connectivity index (χ1) is 12.7. The first kappa shape index (κ1) is 18.7. The van der Waals surface area contributed by atoms with Crippen LogP contribution in [0.4, 0.5) is 0 Å². The highest BCUT2D eigenvalue weighted by atomic mass is 16.2. The number of aromatic nitrogens is 1. The molecular weight excluding hydrogens is 326 g/mol. The van der Waals surface area contributed by atoms with Crippen molar-refractivity contribution in [1.29, 1.82) is 0 Å². The minimum Gasteiger partial charge on any atom is -0.356 e. The molecule has 1 amide bonds. The lowest BCUT2D eigenvalue weighted by Gasteiger charge is -2.21. The van der Waals surface area contributed by atoms with Crippen LogP contribution in [0.1, 0.15) is 43.4 Å². The highest BCUT2D eigenvalue weighted by Gasteiger charge is 2.32. The predicted molar refractivity (Wildman–Crippen MR) is 104 cm³/mol. The van der Waals surface area contributed by atoms with Crippen molar-refractivity contribution in [2.24, 2.45) is 10.9 Å². The summed E-state index contributed by atoms with van der Waals surface area (Å²) in [7, 11) is 1.79. The highest BCUT2D eigenvalue weighted by molar-refractivity contribution is 5.81. The smallest absolute Gasteiger partial charge is 0.225 e. The molecule has 1 aliphatic heterocycles. The van der Waals surface area contributed by atoms with Gasteiger partial charge in [0.2, 0.25) is 5.91 Å². The molecule has 1 aromatic rings. The molecular formula is C20H31N5O. The first-order valence-corrected chi connectivity index (χ1v) is 9.83. The number of carbonyl (C=O) groups is 1. The molecule has 1 aromatic heterocycles. The Kier molecular flexibility index (Phi) is 6.47. The fourth-order valence-electron chi connectivity index (χ4n) is 3.87. The van der Waals surface area contributed by atoms with Crippen LogP contribution in [0.3, 0.4) is 0 Å². The molecule has 2 N–H and O–H groups in total. The largest absolute Gasteiger partial charge is 0.356 e. The zero-order valence-corrected chi connectivity index (χ0v) is 16.0. The Morgan fingerprint density at radius 2 is 2.12 bits per heavy atom. The van der Waals surface area contributed by atoms with Gasteiger partial charge in [-0.2, -0.15) is 0 Å². The molecule has 6 heteroatoms. The van der Waals surface area contributed by atoms with Crippen molar-refractivity contribution >= 4 is 11.9 Å². The number of pyridine rings is 1. The number of aliphatic imine (C=N–C) groups is 1. The molecule has 1 atom stereocenters. The number of guanidine groups is 1. The molecule has 2 aliphatic rings. The van der Waals surface area contributed by atoms with Crippen LogP contribution in [0.15, 0.2) is 23.3 Å². The van der Waals surface area contributed by atoms with Gasteiger partial charge in [-0.1, -0.05) is 18.9 Å². The summed E-state index contributed by atoms with van der Waals surface area (Å²) in [6.45, 7) is 4.45. The van der Waals surface area contributed by atoms with E-state index < -0.39 is 0 Å².